The molecule has 4 heteroatoms. The topological polar surface area (TPSA) is 49.9 Å². The number of fused-ring (bicyclic) bond motifs is 3. The first kappa shape index (κ1) is 21.3. The van der Waals surface area contributed by atoms with Gasteiger partial charge in [0.15, 0.2) is 6.17 Å². The zero-order chi connectivity index (χ0) is 24.6. The Bertz CT molecular complexity index is 1790. The number of hydrogen-bond acceptors (Lipinski definition) is 4. The van der Waals surface area contributed by atoms with Crippen molar-refractivity contribution < 1.29 is 4.42 Å². The summed E-state index contributed by atoms with van der Waals surface area (Å²) in [7, 11) is 0. The molecule has 37 heavy (non-hydrogen) atoms. The molecule has 0 aliphatic carbocycles. The van der Waals surface area contributed by atoms with Crippen molar-refractivity contribution in [3.05, 3.63) is 144 Å². The minimum absolute atomic E-state index is 0.326. The Balaban J connectivity index is 1.31. The SMILES string of the molecule is c1ccc(C2=NC(c3ccccc3)N=C(c3ccc4c(c3)oc3ccc(-c5ccccc5)cc34)N2)cc1. The summed E-state index contributed by atoms with van der Waals surface area (Å²) in [6.07, 6.45) is -0.326. The molecule has 176 valence electrons. The molecule has 6 aromatic rings. The van der Waals surface area contributed by atoms with Gasteiger partial charge in [-0.15, -0.1) is 0 Å². The second kappa shape index (κ2) is 8.92. The third kappa shape index (κ3) is 3.99. The molecule has 0 saturated heterocycles. The molecule has 1 unspecified atom stereocenters. The lowest BCUT2D eigenvalue weighted by Crippen LogP contribution is -2.36. The Hall–Kier alpha value is -4.96. The van der Waals surface area contributed by atoms with Crippen LogP contribution in [0.25, 0.3) is 33.1 Å². The first-order valence-corrected chi connectivity index (χ1v) is 12.4. The van der Waals surface area contributed by atoms with E-state index in [9.17, 15) is 0 Å². The molecule has 0 radical (unpaired) electrons. The van der Waals surface area contributed by atoms with E-state index in [-0.39, 0.29) is 6.17 Å². The number of amidine groups is 2. The number of benzene rings is 5. The molecule has 0 amide bonds. The van der Waals surface area contributed by atoms with Crippen molar-refractivity contribution in [2.75, 3.05) is 0 Å². The Labute approximate surface area is 214 Å². The maximum atomic E-state index is 6.28. The fraction of sp³-hybridized carbons (Fsp3) is 0.0303. The quantitative estimate of drug-likeness (QED) is 0.282. The monoisotopic (exact) mass is 477 g/mol. The van der Waals surface area contributed by atoms with Gasteiger partial charge in [0.1, 0.15) is 22.8 Å². The van der Waals surface area contributed by atoms with Crippen LogP contribution in [0.3, 0.4) is 0 Å². The highest BCUT2D eigenvalue weighted by molar-refractivity contribution is 6.17. The van der Waals surface area contributed by atoms with Crippen molar-refractivity contribution in [2.24, 2.45) is 9.98 Å². The van der Waals surface area contributed by atoms with Crippen molar-refractivity contribution in [3.63, 3.8) is 0 Å². The normalized spacial score (nSPS) is 15.3. The van der Waals surface area contributed by atoms with E-state index in [2.05, 4.69) is 90.2 Å². The molecule has 5 aromatic carbocycles. The molecule has 1 aliphatic heterocycles. The van der Waals surface area contributed by atoms with Gasteiger partial charge in [0.05, 0.1) is 0 Å². The predicted molar refractivity (Wildman–Crippen MR) is 151 cm³/mol. The smallest absolute Gasteiger partial charge is 0.169 e. The van der Waals surface area contributed by atoms with Crippen LogP contribution in [0.1, 0.15) is 22.9 Å². The molecular formula is C33H23N3O. The van der Waals surface area contributed by atoms with E-state index in [0.717, 1.165) is 50.3 Å². The summed E-state index contributed by atoms with van der Waals surface area (Å²) in [4.78, 5) is 9.92. The second-order valence-corrected chi connectivity index (χ2v) is 9.12. The van der Waals surface area contributed by atoms with Gasteiger partial charge >= 0.3 is 0 Å². The molecule has 0 saturated carbocycles. The summed E-state index contributed by atoms with van der Waals surface area (Å²) in [6, 6.07) is 43.4. The average molecular weight is 478 g/mol. The standard InChI is InChI=1S/C33H23N3O/c1-4-10-22(11-5-1)25-17-19-29-28(20-25)27-18-16-26(21-30(27)37-29)33-35-31(23-12-6-2-7-13-23)34-32(36-33)24-14-8-3-9-15-24/h1-21,31H,(H,34,35,36). The van der Waals surface area contributed by atoms with Gasteiger partial charge in [-0.3, -0.25) is 0 Å². The number of furan rings is 1. The van der Waals surface area contributed by atoms with Crippen LogP contribution in [0.15, 0.2) is 142 Å². The largest absolute Gasteiger partial charge is 0.456 e. The Morgan fingerprint density at radius 2 is 1.11 bits per heavy atom. The molecule has 1 aliphatic rings. The number of hydrogen-bond donors (Lipinski definition) is 1. The molecular weight excluding hydrogens is 454 g/mol. The van der Waals surface area contributed by atoms with E-state index < -0.39 is 0 Å². The van der Waals surface area contributed by atoms with Gasteiger partial charge in [0.2, 0.25) is 0 Å². The summed E-state index contributed by atoms with van der Waals surface area (Å²) in [5.41, 5.74) is 7.10. The van der Waals surface area contributed by atoms with Gasteiger partial charge in [-0.05, 0) is 41.0 Å². The van der Waals surface area contributed by atoms with Gasteiger partial charge in [0, 0.05) is 21.9 Å². The number of nitrogens with one attached hydrogen (secondary N) is 1. The first-order chi connectivity index (χ1) is 18.3. The van der Waals surface area contributed by atoms with E-state index in [1.54, 1.807) is 0 Å². The summed E-state index contributed by atoms with van der Waals surface area (Å²) < 4.78 is 6.28. The molecule has 0 bridgehead atoms. The third-order valence-electron chi connectivity index (χ3n) is 6.74. The van der Waals surface area contributed by atoms with Gasteiger partial charge in [-0.25, -0.2) is 9.98 Å². The van der Waals surface area contributed by atoms with Crippen LogP contribution >= 0.6 is 0 Å². The summed E-state index contributed by atoms with van der Waals surface area (Å²) in [5, 5.41) is 5.67. The predicted octanol–water partition coefficient (Wildman–Crippen LogP) is 7.75. The van der Waals surface area contributed by atoms with Crippen molar-refractivity contribution in [2.45, 2.75) is 6.17 Å². The maximum Gasteiger partial charge on any atom is 0.169 e. The number of rotatable bonds is 4. The van der Waals surface area contributed by atoms with Crippen LogP contribution in [0.2, 0.25) is 0 Å². The lowest BCUT2D eigenvalue weighted by molar-refractivity contribution is 0.669. The highest BCUT2D eigenvalue weighted by atomic mass is 16.3. The molecule has 1 N–H and O–H groups in total. The molecule has 0 spiro atoms. The van der Waals surface area contributed by atoms with E-state index in [1.807, 2.05) is 42.5 Å². The van der Waals surface area contributed by atoms with Crippen LogP contribution < -0.4 is 5.32 Å². The van der Waals surface area contributed by atoms with Gasteiger partial charge < -0.3 is 9.73 Å². The highest BCUT2D eigenvalue weighted by Crippen LogP contribution is 2.33. The van der Waals surface area contributed by atoms with Gasteiger partial charge in [-0.1, -0.05) is 103 Å². The third-order valence-corrected chi connectivity index (χ3v) is 6.74. The van der Waals surface area contributed by atoms with Crippen molar-refractivity contribution in [1.29, 1.82) is 0 Å². The van der Waals surface area contributed by atoms with Crippen molar-refractivity contribution in [1.82, 2.24) is 5.32 Å². The minimum Gasteiger partial charge on any atom is -0.456 e. The average Bonchev–Trinajstić information content (AvgIpc) is 3.35. The van der Waals surface area contributed by atoms with E-state index in [1.165, 1.54) is 11.1 Å². The Morgan fingerprint density at radius 3 is 1.84 bits per heavy atom. The van der Waals surface area contributed by atoms with Crippen LogP contribution in [0, 0.1) is 0 Å². The van der Waals surface area contributed by atoms with Gasteiger partial charge in [-0.2, -0.15) is 0 Å². The first-order valence-electron chi connectivity index (χ1n) is 12.4. The number of aliphatic imine (C=N–C) groups is 2. The maximum absolute atomic E-state index is 6.28. The van der Waals surface area contributed by atoms with E-state index in [4.69, 9.17) is 14.4 Å². The molecule has 4 nitrogen and oxygen atoms in total. The van der Waals surface area contributed by atoms with Crippen LogP contribution in [0.4, 0.5) is 0 Å². The molecule has 2 heterocycles. The highest BCUT2D eigenvalue weighted by Gasteiger charge is 2.21. The van der Waals surface area contributed by atoms with Crippen LogP contribution in [0.5, 0.6) is 0 Å². The summed E-state index contributed by atoms with van der Waals surface area (Å²) in [6.45, 7) is 0. The second-order valence-electron chi connectivity index (χ2n) is 9.12. The Morgan fingerprint density at radius 1 is 0.486 bits per heavy atom. The molecule has 0 fully saturated rings. The zero-order valence-corrected chi connectivity index (χ0v) is 20.0. The van der Waals surface area contributed by atoms with Crippen LogP contribution in [-0.2, 0) is 0 Å². The van der Waals surface area contributed by atoms with Crippen molar-refractivity contribution in [3.8, 4) is 11.1 Å². The minimum atomic E-state index is -0.326. The lowest BCUT2D eigenvalue weighted by atomic mass is 10.0. The fourth-order valence-electron chi connectivity index (χ4n) is 4.85. The van der Waals surface area contributed by atoms with E-state index in [0.29, 0.717) is 0 Å². The molecule has 7 rings (SSSR count). The van der Waals surface area contributed by atoms with Crippen LogP contribution in [-0.4, -0.2) is 11.7 Å². The van der Waals surface area contributed by atoms with Gasteiger partial charge in [0.25, 0.3) is 0 Å². The zero-order valence-electron chi connectivity index (χ0n) is 20.0. The Kier molecular flexibility index (Phi) is 5.14. The molecule has 1 atom stereocenters. The summed E-state index contributed by atoms with van der Waals surface area (Å²) in [5.74, 6) is 1.58. The van der Waals surface area contributed by atoms with E-state index >= 15 is 0 Å². The van der Waals surface area contributed by atoms with Crippen molar-refractivity contribution >= 4 is 33.6 Å². The number of nitrogens with zero attached hydrogens (tertiary/aromatic N) is 2. The lowest BCUT2D eigenvalue weighted by Gasteiger charge is -2.22. The summed E-state index contributed by atoms with van der Waals surface area (Å²) >= 11 is 0. The fourth-order valence-corrected chi connectivity index (χ4v) is 4.85. The molecule has 1 aromatic heterocycles.